The Labute approximate surface area is 98.1 Å². The van der Waals surface area contributed by atoms with Gasteiger partial charge in [-0.25, -0.2) is 15.8 Å². The lowest BCUT2D eigenvalue weighted by Gasteiger charge is -2.06. The molecule has 6 heteroatoms. The van der Waals surface area contributed by atoms with Gasteiger partial charge in [0.1, 0.15) is 5.82 Å². The van der Waals surface area contributed by atoms with E-state index in [2.05, 4.69) is 15.4 Å². The zero-order valence-corrected chi connectivity index (χ0v) is 9.42. The van der Waals surface area contributed by atoms with Crippen molar-refractivity contribution >= 4 is 5.82 Å². The normalized spacial score (nSPS) is 10.2. The van der Waals surface area contributed by atoms with E-state index < -0.39 is 0 Å². The Morgan fingerprint density at radius 3 is 2.94 bits per heavy atom. The summed E-state index contributed by atoms with van der Waals surface area (Å²) < 4.78 is 1.54. The van der Waals surface area contributed by atoms with Gasteiger partial charge in [-0.05, 0) is 13.0 Å². The van der Waals surface area contributed by atoms with Crippen molar-refractivity contribution in [1.82, 2.24) is 14.5 Å². The quantitative estimate of drug-likeness (QED) is 0.585. The summed E-state index contributed by atoms with van der Waals surface area (Å²) in [6.45, 7) is 2.18. The van der Waals surface area contributed by atoms with Crippen molar-refractivity contribution in [2.45, 2.75) is 13.5 Å². The average Bonchev–Trinajstić information content (AvgIpc) is 2.31. The zero-order valence-electron chi connectivity index (χ0n) is 9.42. The van der Waals surface area contributed by atoms with Crippen molar-refractivity contribution in [1.29, 1.82) is 0 Å². The molecule has 0 spiro atoms. The summed E-state index contributed by atoms with van der Waals surface area (Å²) in [5.41, 5.74) is 3.18. The molecule has 2 heterocycles. The maximum absolute atomic E-state index is 11.5. The summed E-state index contributed by atoms with van der Waals surface area (Å²) in [6, 6.07) is 6.72. The number of hydrogen-bond donors (Lipinski definition) is 2. The Morgan fingerprint density at radius 2 is 2.24 bits per heavy atom. The molecule has 0 bridgehead atoms. The summed E-state index contributed by atoms with van der Waals surface area (Å²) in [6.07, 6.45) is 1.70. The highest BCUT2D eigenvalue weighted by molar-refractivity contribution is 5.33. The van der Waals surface area contributed by atoms with E-state index in [1.165, 1.54) is 10.6 Å². The Bertz CT molecular complexity index is 578. The standard InChI is InChI=1S/C11H13N5O/c1-8-6-9(15-12)14-10(13-8)7-16-5-3-2-4-11(16)17/h2-6H,7,12H2,1H3,(H,13,14,15). The van der Waals surface area contributed by atoms with E-state index in [0.29, 0.717) is 18.2 Å². The molecule has 0 aliphatic heterocycles. The second kappa shape index (κ2) is 4.75. The Morgan fingerprint density at radius 1 is 1.41 bits per heavy atom. The van der Waals surface area contributed by atoms with E-state index in [1.807, 2.05) is 6.92 Å². The van der Waals surface area contributed by atoms with Crippen molar-refractivity contribution in [3.05, 3.63) is 52.3 Å². The second-order valence-corrected chi connectivity index (χ2v) is 3.62. The third kappa shape index (κ3) is 2.67. The minimum Gasteiger partial charge on any atom is -0.308 e. The number of hydrogen-bond acceptors (Lipinski definition) is 5. The van der Waals surface area contributed by atoms with E-state index in [4.69, 9.17) is 5.84 Å². The largest absolute Gasteiger partial charge is 0.308 e. The molecule has 3 N–H and O–H groups in total. The monoisotopic (exact) mass is 231 g/mol. The molecule has 6 nitrogen and oxygen atoms in total. The number of nitrogens with one attached hydrogen (secondary N) is 1. The first-order valence-electron chi connectivity index (χ1n) is 5.15. The van der Waals surface area contributed by atoms with Crippen molar-refractivity contribution < 1.29 is 0 Å². The van der Waals surface area contributed by atoms with Crippen LogP contribution in [0.4, 0.5) is 5.82 Å². The second-order valence-electron chi connectivity index (χ2n) is 3.62. The Hall–Kier alpha value is -2.21. The Balaban J connectivity index is 2.33. The van der Waals surface area contributed by atoms with Crippen LogP contribution in [0.5, 0.6) is 0 Å². The molecule has 0 saturated heterocycles. The smallest absolute Gasteiger partial charge is 0.250 e. The molecule has 2 aromatic heterocycles. The molecule has 17 heavy (non-hydrogen) atoms. The summed E-state index contributed by atoms with van der Waals surface area (Å²) in [5.74, 6) is 6.39. The number of rotatable bonds is 3. The molecule has 2 rings (SSSR count). The molecule has 0 aliphatic carbocycles. The van der Waals surface area contributed by atoms with Gasteiger partial charge in [0.15, 0.2) is 5.82 Å². The number of nitrogens with two attached hydrogens (primary N) is 1. The fourth-order valence-electron chi connectivity index (χ4n) is 1.52. The molecule has 0 aromatic carbocycles. The summed E-state index contributed by atoms with van der Waals surface area (Å²) >= 11 is 0. The highest BCUT2D eigenvalue weighted by Gasteiger charge is 2.03. The summed E-state index contributed by atoms with van der Waals surface area (Å²) in [7, 11) is 0. The van der Waals surface area contributed by atoms with Gasteiger partial charge in [0.05, 0.1) is 6.54 Å². The summed E-state index contributed by atoms with van der Waals surface area (Å²) in [5, 5.41) is 0. The zero-order chi connectivity index (χ0) is 12.3. The van der Waals surface area contributed by atoms with Gasteiger partial charge in [-0.1, -0.05) is 6.07 Å². The van der Waals surface area contributed by atoms with Crippen LogP contribution in [0, 0.1) is 6.92 Å². The van der Waals surface area contributed by atoms with Gasteiger partial charge >= 0.3 is 0 Å². The van der Waals surface area contributed by atoms with Gasteiger partial charge in [0.2, 0.25) is 0 Å². The predicted molar refractivity (Wildman–Crippen MR) is 64.4 cm³/mol. The minimum absolute atomic E-state index is 0.0835. The van der Waals surface area contributed by atoms with Crippen LogP contribution in [0.3, 0.4) is 0 Å². The number of pyridine rings is 1. The molecule has 88 valence electrons. The van der Waals surface area contributed by atoms with Crippen LogP contribution in [0.25, 0.3) is 0 Å². The third-order valence-corrected chi connectivity index (χ3v) is 2.26. The van der Waals surface area contributed by atoms with Crippen LogP contribution in [0.1, 0.15) is 11.5 Å². The number of nitrogens with zero attached hydrogens (tertiary/aromatic N) is 3. The lowest BCUT2D eigenvalue weighted by molar-refractivity contribution is 0.711. The topological polar surface area (TPSA) is 85.8 Å². The minimum atomic E-state index is -0.0835. The van der Waals surface area contributed by atoms with Gasteiger partial charge in [-0.3, -0.25) is 4.79 Å². The molecule has 0 amide bonds. The van der Waals surface area contributed by atoms with E-state index in [0.717, 1.165) is 5.69 Å². The number of aromatic nitrogens is 3. The third-order valence-electron chi connectivity index (χ3n) is 2.26. The van der Waals surface area contributed by atoms with Gasteiger partial charge in [-0.2, -0.15) is 0 Å². The van der Waals surface area contributed by atoms with Crippen molar-refractivity contribution in [3.8, 4) is 0 Å². The van der Waals surface area contributed by atoms with Gasteiger partial charge in [0.25, 0.3) is 5.56 Å². The van der Waals surface area contributed by atoms with Crippen LogP contribution in [-0.2, 0) is 6.54 Å². The maximum atomic E-state index is 11.5. The average molecular weight is 231 g/mol. The fourth-order valence-corrected chi connectivity index (χ4v) is 1.52. The molecule has 0 saturated carbocycles. The highest BCUT2D eigenvalue weighted by Crippen LogP contribution is 2.05. The lowest BCUT2D eigenvalue weighted by Crippen LogP contribution is -2.20. The highest BCUT2D eigenvalue weighted by atomic mass is 16.1. The number of hydrazine groups is 1. The molecular formula is C11H13N5O. The molecule has 0 fully saturated rings. The molecule has 0 unspecified atom stereocenters. The molecular weight excluding hydrogens is 218 g/mol. The van der Waals surface area contributed by atoms with Crippen LogP contribution in [-0.4, -0.2) is 14.5 Å². The van der Waals surface area contributed by atoms with E-state index in [-0.39, 0.29) is 5.56 Å². The predicted octanol–water partition coefficient (Wildman–Crippen LogP) is 0.281. The van der Waals surface area contributed by atoms with E-state index >= 15 is 0 Å². The molecule has 0 atom stereocenters. The SMILES string of the molecule is Cc1cc(NN)nc(Cn2ccccc2=O)n1. The fraction of sp³-hybridized carbons (Fsp3) is 0.182. The van der Waals surface area contributed by atoms with Crippen molar-refractivity contribution in [3.63, 3.8) is 0 Å². The first-order chi connectivity index (χ1) is 8.19. The number of nitrogen functional groups attached to an aromatic ring is 1. The summed E-state index contributed by atoms with van der Waals surface area (Å²) in [4.78, 5) is 20.0. The van der Waals surface area contributed by atoms with Crippen LogP contribution < -0.4 is 16.8 Å². The van der Waals surface area contributed by atoms with Crippen molar-refractivity contribution in [2.75, 3.05) is 5.43 Å². The molecule has 0 radical (unpaired) electrons. The Kier molecular flexibility index (Phi) is 3.15. The number of anilines is 1. The molecule has 0 aliphatic rings. The van der Waals surface area contributed by atoms with Crippen LogP contribution in [0.15, 0.2) is 35.3 Å². The van der Waals surface area contributed by atoms with E-state index in [1.54, 1.807) is 24.4 Å². The van der Waals surface area contributed by atoms with Crippen LogP contribution in [0.2, 0.25) is 0 Å². The first-order valence-corrected chi connectivity index (χ1v) is 5.15. The maximum Gasteiger partial charge on any atom is 0.250 e. The van der Waals surface area contributed by atoms with Gasteiger partial charge < -0.3 is 9.99 Å². The molecule has 2 aromatic rings. The van der Waals surface area contributed by atoms with Crippen molar-refractivity contribution in [2.24, 2.45) is 5.84 Å². The lowest BCUT2D eigenvalue weighted by atomic mass is 10.4. The van der Waals surface area contributed by atoms with Crippen LogP contribution >= 0.6 is 0 Å². The van der Waals surface area contributed by atoms with Gasteiger partial charge in [0, 0.05) is 24.0 Å². The van der Waals surface area contributed by atoms with Gasteiger partial charge in [-0.15, -0.1) is 0 Å². The van der Waals surface area contributed by atoms with E-state index in [9.17, 15) is 4.79 Å². The number of aryl methyl sites for hydroxylation is 1. The first kappa shape index (κ1) is 11.3.